The van der Waals surface area contributed by atoms with E-state index in [0.29, 0.717) is 49.8 Å². The van der Waals surface area contributed by atoms with Gasteiger partial charge in [0, 0.05) is 37.2 Å². The van der Waals surface area contributed by atoms with E-state index < -0.39 is 35.6 Å². The summed E-state index contributed by atoms with van der Waals surface area (Å²) < 4.78 is 21.4. The molecular formula is C22H32N2O12S2. The Morgan fingerprint density at radius 2 is 0.842 bits per heavy atom. The Balaban J connectivity index is 1.26. The average molecular weight is 581 g/mol. The molecule has 0 bridgehead atoms. The molecule has 2 rings (SSSR count). The highest BCUT2D eigenvalue weighted by molar-refractivity contribution is 8.76. The van der Waals surface area contributed by atoms with Gasteiger partial charge in [-0.15, -0.1) is 10.1 Å². The summed E-state index contributed by atoms with van der Waals surface area (Å²) in [6, 6.07) is 0. The highest BCUT2D eigenvalue weighted by Crippen LogP contribution is 2.20. The van der Waals surface area contributed by atoms with Crippen LogP contribution in [0.4, 0.5) is 0 Å². The van der Waals surface area contributed by atoms with Crippen LogP contribution in [0.5, 0.6) is 0 Å². The molecular weight excluding hydrogens is 548 g/mol. The van der Waals surface area contributed by atoms with Crippen molar-refractivity contribution in [1.29, 1.82) is 0 Å². The van der Waals surface area contributed by atoms with Crippen LogP contribution in [-0.2, 0) is 57.4 Å². The van der Waals surface area contributed by atoms with Gasteiger partial charge in [0.2, 0.25) is 0 Å². The maximum Gasteiger partial charge on any atom is 0.335 e. The van der Waals surface area contributed by atoms with E-state index in [9.17, 15) is 28.8 Å². The van der Waals surface area contributed by atoms with E-state index in [2.05, 4.69) is 0 Å². The number of carbonyl (C=O) groups is 6. The summed E-state index contributed by atoms with van der Waals surface area (Å²) >= 11 is 0. The van der Waals surface area contributed by atoms with Gasteiger partial charge >= 0.3 is 11.9 Å². The first-order valence-electron chi connectivity index (χ1n) is 12.1. The molecule has 0 aromatic heterocycles. The molecule has 2 aliphatic heterocycles. The summed E-state index contributed by atoms with van der Waals surface area (Å²) in [6.45, 7) is 2.65. The molecule has 0 spiro atoms. The quantitative estimate of drug-likeness (QED) is 0.104. The summed E-state index contributed by atoms with van der Waals surface area (Å²) in [6.07, 6.45) is 0.0794. The first-order chi connectivity index (χ1) is 18.4. The molecule has 0 aromatic rings. The van der Waals surface area contributed by atoms with Gasteiger partial charge in [0.1, 0.15) is 0 Å². The first-order valence-corrected chi connectivity index (χ1v) is 14.6. The number of ether oxygens (including phenoxy) is 4. The minimum atomic E-state index is -0.700. The van der Waals surface area contributed by atoms with E-state index in [4.69, 9.17) is 28.6 Å². The molecule has 38 heavy (non-hydrogen) atoms. The zero-order valence-corrected chi connectivity index (χ0v) is 22.6. The van der Waals surface area contributed by atoms with Gasteiger partial charge in [-0.05, 0) is 0 Å². The third kappa shape index (κ3) is 13.0. The van der Waals surface area contributed by atoms with Crippen molar-refractivity contribution in [3.05, 3.63) is 0 Å². The largest absolute Gasteiger partial charge is 0.378 e. The second-order valence-corrected chi connectivity index (χ2v) is 10.4. The molecule has 0 aliphatic carbocycles. The Bertz CT molecular complexity index is 730. The molecule has 214 valence electrons. The van der Waals surface area contributed by atoms with Gasteiger partial charge in [-0.25, -0.2) is 9.59 Å². The molecule has 2 saturated heterocycles. The number of carbonyl (C=O) groups excluding carboxylic acids is 6. The van der Waals surface area contributed by atoms with Crippen LogP contribution in [0, 0.1) is 0 Å². The smallest absolute Gasteiger partial charge is 0.335 e. The Labute approximate surface area is 227 Å². The predicted octanol–water partition coefficient (Wildman–Crippen LogP) is 0.429. The van der Waals surface area contributed by atoms with Crippen molar-refractivity contribution >= 4 is 57.2 Å². The van der Waals surface area contributed by atoms with Crippen LogP contribution in [0.25, 0.3) is 0 Å². The fourth-order valence-electron chi connectivity index (χ4n) is 2.87. The summed E-state index contributed by atoms with van der Waals surface area (Å²) in [5, 5.41) is 1.03. The van der Waals surface area contributed by atoms with Crippen molar-refractivity contribution in [2.45, 2.75) is 38.5 Å². The molecule has 0 N–H and O–H groups in total. The zero-order valence-electron chi connectivity index (χ0n) is 20.9. The molecule has 2 aliphatic rings. The first kappa shape index (κ1) is 32.0. The van der Waals surface area contributed by atoms with Crippen LogP contribution < -0.4 is 0 Å². The summed E-state index contributed by atoms with van der Waals surface area (Å²) in [5.41, 5.74) is 0. The van der Waals surface area contributed by atoms with Crippen LogP contribution in [0.2, 0.25) is 0 Å². The van der Waals surface area contributed by atoms with E-state index in [1.54, 1.807) is 21.6 Å². The molecule has 0 unspecified atom stereocenters. The monoisotopic (exact) mass is 580 g/mol. The number of nitrogens with zero attached hydrogens (tertiary/aromatic N) is 2. The van der Waals surface area contributed by atoms with Crippen molar-refractivity contribution in [1.82, 2.24) is 10.1 Å². The standard InChI is InChI=1S/C22H32N2O12S2/c25-17-1-2-18(26)23(17)35-21(29)5-7-31-9-11-33-13-15-37-38-16-14-34-12-10-32-8-6-22(30)36-24-19(27)3-4-20(24)28/h1-16H2. The highest BCUT2D eigenvalue weighted by Gasteiger charge is 2.33. The number of imide groups is 2. The van der Waals surface area contributed by atoms with Crippen molar-refractivity contribution in [2.24, 2.45) is 0 Å². The Morgan fingerprint density at radius 3 is 1.18 bits per heavy atom. The second kappa shape index (κ2) is 18.9. The Hall–Kier alpha value is -2.24. The lowest BCUT2D eigenvalue weighted by atomic mass is 10.4. The fraction of sp³-hybridized carbons (Fsp3) is 0.727. The van der Waals surface area contributed by atoms with Gasteiger partial charge in [-0.2, -0.15) is 0 Å². The molecule has 0 radical (unpaired) electrons. The third-order valence-corrected chi connectivity index (χ3v) is 7.08. The molecule has 14 nitrogen and oxygen atoms in total. The minimum Gasteiger partial charge on any atom is -0.378 e. The van der Waals surface area contributed by atoms with E-state index in [1.165, 1.54) is 0 Å². The van der Waals surface area contributed by atoms with Gasteiger partial charge < -0.3 is 28.6 Å². The van der Waals surface area contributed by atoms with Gasteiger partial charge in [0.25, 0.3) is 23.6 Å². The number of hydrogen-bond donors (Lipinski definition) is 0. The van der Waals surface area contributed by atoms with Crippen LogP contribution in [0.15, 0.2) is 0 Å². The van der Waals surface area contributed by atoms with Gasteiger partial charge in [0.15, 0.2) is 0 Å². The number of amides is 4. The number of hydroxylamine groups is 4. The van der Waals surface area contributed by atoms with E-state index in [0.717, 1.165) is 11.5 Å². The lowest BCUT2D eigenvalue weighted by Crippen LogP contribution is -2.32. The maximum absolute atomic E-state index is 11.6. The van der Waals surface area contributed by atoms with Crippen LogP contribution in [0.1, 0.15) is 38.5 Å². The van der Waals surface area contributed by atoms with Crippen molar-refractivity contribution in [3.8, 4) is 0 Å². The van der Waals surface area contributed by atoms with Crippen molar-refractivity contribution in [3.63, 3.8) is 0 Å². The second-order valence-electron chi connectivity index (χ2n) is 7.68. The average Bonchev–Trinajstić information content (AvgIpc) is 3.38. The molecule has 0 atom stereocenters. The molecule has 16 heteroatoms. The molecule has 0 aromatic carbocycles. The van der Waals surface area contributed by atoms with E-state index in [-0.39, 0.29) is 51.7 Å². The van der Waals surface area contributed by atoms with Gasteiger partial charge in [-0.3, -0.25) is 19.2 Å². The number of hydrogen-bond acceptors (Lipinski definition) is 14. The maximum atomic E-state index is 11.6. The predicted molar refractivity (Wildman–Crippen MR) is 132 cm³/mol. The van der Waals surface area contributed by atoms with Crippen LogP contribution in [-0.4, -0.2) is 110 Å². The summed E-state index contributed by atoms with van der Waals surface area (Å²) in [4.78, 5) is 78.1. The summed E-state index contributed by atoms with van der Waals surface area (Å²) in [5.74, 6) is -1.90. The highest BCUT2D eigenvalue weighted by atomic mass is 33.1. The Morgan fingerprint density at radius 1 is 0.526 bits per heavy atom. The zero-order chi connectivity index (χ0) is 27.6. The van der Waals surface area contributed by atoms with E-state index >= 15 is 0 Å². The summed E-state index contributed by atoms with van der Waals surface area (Å²) in [7, 11) is 3.29. The lowest BCUT2D eigenvalue weighted by Gasteiger charge is -2.12. The lowest BCUT2D eigenvalue weighted by molar-refractivity contribution is -0.198. The van der Waals surface area contributed by atoms with Gasteiger partial charge in [0.05, 0.1) is 65.7 Å². The van der Waals surface area contributed by atoms with Gasteiger partial charge in [-0.1, -0.05) is 21.6 Å². The van der Waals surface area contributed by atoms with Crippen LogP contribution in [0.3, 0.4) is 0 Å². The number of rotatable bonds is 21. The molecule has 2 heterocycles. The van der Waals surface area contributed by atoms with Crippen LogP contribution >= 0.6 is 21.6 Å². The minimum absolute atomic E-state index is 0.0558. The van der Waals surface area contributed by atoms with Crippen molar-refractivity contribution in [2.75, 3.05) is 64.4 Å². The van der Waals surface area contributed by atoms with Crippen molar-refractivity contribution < 1.29 is 57.4 Å². The fourth-order valence-corrected chi connectivity index (χ4v) is 4.59. The molecule has 4 amide bonds. The molecule has 0 saturated carbocycles. The Kier molecular flexibility index (Phi) is 15.9. The molecule has 2 fully saturated rings. The SMILES string of the molecule is O=C(CCOCCOCCSSCCOCCOCCC(=O)ON1C(=O)CCC1=O)ON1C(=O)CCC1=O. The topological polar surface area (TPSA) is 164 Å². The normalized spacial score (nSPS) is 15.6. The third-order valence-electron chi connectivity index (χ3n) is 4.75. The van der Waals surface area contributed by atoms with E-state index in [1.807, 2.05) is 0 Å².